The predicted molar refractivity (Wildman–Crippen MR) is 132 cm³/mol. The molecule has 0 heterocycles. The van der Waals surface area contributed by atoms with Crippen LogP contribution in [-0.4, -0.2) is 22.6 Å². The average molecular weight is 442 g/mol. The molecule has 6 nitrogen and oxygen atoms in total. The summed E-state index contributed by atoms with van der Waals surface area (Å²) in [6.45, 7) is 0. The van der Waals surface area contributed by atoms with Crippen LogP contribution in [0.1, 0.15) is 22.3 Å². The van der Waals surface area contributed by atoms with Gasteiger partial charge in [0.2, 0.25) is 0 Å². The van der Waals surface area contributed by atoms with Crippen LogP contribution in [0.25, 0.3) is 22.3 Å². The van der Waals surface area contributed by atoms with Gasteiger partial charge in [0.05, 0.1) is 35.7 Å². The monoisotopic (exact) mass is 442 g/mol. The number of nitriles is 2. The molecule has 34 heavy (non-hydrogen) atoms. The normalized spacial score (nSPS) is 10.9. The first-order valence-corrected chi connectivity index (χ1v) is 10.3. The number of phenolic OH excluding ortho intramolecular Hbond substituents is 2. The molecule has 0 atom stereocenters. The molecule has 0 fully saturated rings. The van der Waals surface area contributed by atoms with Gasteiger partial charge < -0.3 is 10.2 Å². The zero-order valence-electron chi connectivity index (χ0n) is 17.9. The quantitative estimate of drug-likeness (QED) is 0.308. The standard InChI is InChI=1S/C28H18N4O2/c29-15-19-1-5-21(6-2-19)23-9-11-27(33)25(13-23)17-31-32-18-26-14-24(10-12-28(26)34)22-7-3-20(16-30)4-8-22/h1-14,17-18,33-34H/b31-17+,32-18+. The molecular weight excluding hydrogens is 424 g/mol. The molecule has 2 N–H and O–H groups in total. The number of phenols is 2. The molecule has 0 aliphatic carbocycles. The van der Waals surface area contributed by atoms with Crippen molar-refractivity contribution in [2.45, 2.75) is 0 Å². The van der Waals surface area contributed by atoms with E-state index in [9.17, 15) is 10.2 Å². The molecule has 162 valence electrons. The molecule has 0 spiro atoms. The molecule has 6 heteroatoms. The summed E-state index contributed by atoms with van der Waals surface area (Å²) in [6, 6.07) is 28.7. The van der Waals surface area contributed by atoms with Crippen molar-refractivity contribution in [2.24, 2.45) is 10.2 Å². The summed E-state index contributed by atoms with van der Waals surface area (Å²) >= 11 is 0. The van der Waals surface area contributed by atoms with E-state index in [1.54, 1.807) is 60.7 Å². The third-order valence-corrected chi connectivity index (χ3v) is 5.21. The lowest BCUT2D eigenvalue weighted by atomic mass is 10.0. The summed E-state index contributed by atoms with van der Waals surface area (Å²) in [5.41, 5.74) is 5.64. The number of hydrogen-bond acceptors (Lipinski definition) is 6. The van der Waals surface area contributed by atoms with Gasteiger partial charge in [0, 0.05) is 11.1 Å². The minimum atomic E-state index is 0.0574. The predicted octanol–water partition coefficient (Wildman–Crippen LogP) is 5.63. The Bertz CT molecular complexity index is 1360. The molecule has 0 unspecified atom stereocenters. The van der Waals surface area contributed by atoms with Gasteiger partial charge in [-0.25, -0.2) is 0 Å². The molecular formula is C28H18N4O2. The first-order valence-electron chi connectivity index (χ1n) is 10.3. The second kappa shape index (κ2) is 9.95. The minimum absolute atomic E-state index is 0.0574. The van der Waals surface area contributed by atoms with E-state index in [1.807, 2.05) is 24.3 Å². The molecule has 0 aliphatic rings. The van der Waals surface area contributed by atoms with Crippen LogP contribution in [0.15, 0.2) is 95.1 Å². The maximum atomic E-state index is 10.2. The molecule has 4 rings (SSSR count). The van der Waals surface area contributed by atoms with E-state index in [4.69, 9.17) is 10.5 Å². The van der Waals surface area contributed by atoms with E-state index >= 15 is 0 Å². The Kier molecular flexibility index (Phi) is 6.44. The fraction of sp³-hybridized carbons (Fsp3) is 0. The molecule has 4 aromatic rings. The lowest BCUT2D eigenvalue weighted by Gasteiger charge is -2.05. The van der Waals surface area contributed by atoms with Crippen molar-refractivity contribution in [3.63, 3.8) is 0 Å². The Labute approximate surface area is 196 Å². The number of aromatic hydroxyl groups is 2. The van der Waals surface area contributed by atoms with Crippen LogP contribution >= 0.6 is 0 Å². The zero-order chi connectivity index (χ0) is 23.9. The highest BCUT2D eigenvalue weighted by molar-refractivity contribution is 5.89. The highest BCUT2D eigenvalue weighted by Crippen LogP contribution is 2.27. The smallest absolute Gasteiger partial charge is 0.124 e. The van der Waals surface area contributed by atoms with Crippen LogP contribution in [0.5, 0.6) is 11.5 Å². The van der Waals surface area contributed by atoms with Crippen LogP contribution in [0.2, 0.25) is 0 Å². The van der Waals surface area contributed by atoms with Crippen LogP contribution < -0.4 is 0 Å². The largest absolute Gasteiger partial charge is 0.507 e. The topological polar surface area (TPSA) is 113 Å². The van der Waals surface area contributed by atoms with Gasteiger partial charge in [0.15, 0.2) is 0 Å². The SMILES string of the molecule is N#Cc1ccc(-c2ccc(O)c(/C=N/N=C/c3cc(-c4ccc(C#N)cc4)ccc3O)c2)cc1. The molecule has 0 saturated heterocycles. The van der Waals surface area contributed by atoms with Crippen molar-refractivity contribution in [3.05, 3.63) is 107 Å². The Morgan fingerprint density at radius 3 is 1.24 bits per heavy atom. The molecule has 0 aromatic heterocycles. The molecule has 0 bridgehead atoms. The second-order valence-corrected chi connectivity index (χ2v) is 7.41. The summed E-state index contributed by atoms with van der Waals surface area (Å²) in [7, 11) is 0. The van der Waals surface area contributed by atoms with Gasteiger partial charge >= 0.3 is 0 Å². The van der Waals surface area contributed by atoms with Crippen LogP contribution in [0.4, 0.5) is 0 Å². The van der Waals surface area contributed by atoms with E-state index in [0.29, 0.717) is 22.3 Å². The summed E-state index contributed by atoms with van der Waals surface area (Å²) in [4.78, 5) is 0. The molecule has 0 amide bonds. The van der Waals surface area contributed by atoms with E-state index in [0.717, 1.165) is 22.3 Å². The van der Waals surface area contributed by atoms with Crippen LogP contribution in [-0.2, 0) is 0 Å². The highest BCUT2D eigenvalue weighted by Gasteiger charge is 2.05. The van der Waals surface area contributed by atoms with E-state index in [-0.39, 0.29) is 11.5 Å². The van der Waals surface area contributed by atoms with Gasteiger partial charge in [0.25, 0.3) is 0 Å². The number of hydrogen-bond donors (Lipinski definition) is 2. The lowest BCUT2D eigenvalue weighted by Crippen LogP contribution is -1.87. The highest BCUT2D eigenvalue weighted by atomic mass is 16.3. The van der Waals surface area contributed by atoms with Crippen LogP contribution in [0.3, 0.4) is 0 Å². The van der Waals surface area contributed by atoms with Gasteiger partial charge in [-0.05, 0) is 70.8 Å². The Hall–Kier alpha value is -5.20. The summed E-state index contributed by atoms with van der Waals surface area (Å²) < 4.78 is 0. The van der Waals surface area contributed by atoms with Crippen molar-refractivity contribution >= 4 is 12.4 Å². The van der Waals surface area contributed by atoms with Gasteiger partial charge in [-0.3, -0.25) is 0 Å². The second-order valence-electron chi connectivity index (χ2n) is 7.41. The van der Waals surface area contributed by atoms with Crippen molar-refractivity contribution in [1.82, 2.24) is 0 Å². The van der Waals surface area contributed by atoms with Crippen molar-refractivity contribution in [3.8, 4) is 45.9 Å². The minimum Gasteiger partial charge on any atom is -0.507 e. The maximum Gasteiger partial charge on any atom is 0.124 e. The molecule has 0 radical (unpaired) electrons. The number of benzene rings is 4. The number of rotatable bonds is 5. The number of nitrogens with zero attached hydrogens (tertiary/aromatic N) is 4. The molecule has 4 aromatic carbocycles. The fourth-order valence-corrected chi connectivity index (χ4v) is 3.34. The van der Waals surface area contributed by atoms with Crippen LogP contribution in [0, 0.1) is 22.7 Å². The Morgan fingerprint density at radius 1 is 0.529 bits per heavy atom. The van der Waals surface area contributed by atoms with Crippen molar-refractivity contribution in [1.29, 1.82) is 10.5 Å². The van der Waals surface area contributed by atoms with Gasteiger partial charge in [-0.1, -0.05) is 36.4 Å². The van der Waals surface area contributed by atoms with Crippen molar-refractivity contribution < 1.29 is 10.2 Å². The first-order chi connectivity index (χ1) is 16.6. The third kappa shape index (κ3) is 4.99. The van der Waals surface area contributed by atoms with Crippen molar-refractivity contribution in [2.75, 3.05) is 0 Å². The van der Waals surface area contributed by atoms with E-state index in [2.05, 4.69) is 22.3 Å². The molecule has 0 aliphatic heterocycles. The fourth-order valence-electron chi connectivity index (χ4n) is 3.34. The average Bonchev–Trinajstić information content (AvgIpc) is 2.88. The maximum absolute atomic E-state index is 10.2. The summed E-state index contributed by atoms with van der Waals surface area (Å²) in [5.74, 6) is 0.115. The Balaban J connectivity index is 1.54. The van der Waals surface area contributed by atoms with Gasteiger partial charge in [-0.15, -0.1) is 0 Å². The molecule has 0 saturated carbocycles. The van der Waals surface area contributed by atoms with Gasteiger partial charge in [0.1, 0.15) is 11.5 Å². The third-order valence-electron chi connectivity index (χ3n) is 5.21. The zero-order valence-corrected chi connectivity index (χ0v) is 17.9. The van der Waals surface area contributed by atoms with Gasteiger partial charge in [-0.2, -0.15) is 20.7 Å². The lowest BCUT2D eigenvalue weighted by molar-refractivity contribution is 0.474. The Morgan fingerprint density at radius 2 is 0.882 bits per heavy atom. The summed E-state index contributed by atoms with van der Waals surface area (Å²) in [5, 5.41) is 46.3. The van der Waals surface area contributed by atoms with E-state index < -0.39 is 0 Å². The first kappa shape index (κ1) is 22.0. The summed E-state index contributed by atoms with van der Waals surface area (Å²) in [6.07, 6.45) is 2.86. The van der Waals surface area contributed by atoms with E-state index in [1.165, 1.54) is 12.4 Å².